The molecule has 11 heavy (non-hydrogen) atoms. The van der Waals surface area contributed by atoms with Crippen molar-refractivity contribution in [1.82, 2.24) is 0 Å². The van der Waals surface area contributed by atoms with Crippen molar-refractivity contribution in [3.05, 3.63) is 28.3 Å². The van der Waals surface area contributed by atoms with Crippen LogP contribution in [0.1, 0.15) is 22.3 Å². The zero-order chi connectivity index (χ0) is 8.59. The normalized spacial score (nSPS) is 10.4. The first-order valence-electron chi connectivity index (χ1n) is 3.93. The van der Waals surface area contributed by atoms with Gasteiger partial charge in [-0.1, -0.05) is 0 Å². The van der Waals surface area contributed by atoms with Crippen molar-refractivity contribution in [1.29, 1.82) is 0 Å². The summed E-state index contributed by atoms with van der Waals surface area (Å²) in [4.78, 5) is 0. The van der Waals surface area contributed by atoms with Gasteiger partial charge in [-0.3, -0.25) is 0 Å². The Balaban J connectivity index is 3.46. The van der Waals surface area contributed by atoms with Crippen LogP contribution in [0.5, 0.6) is 0 Å². The third-order valence-corrected chi connectivity index (χ3v) is 6.64. The summed E-state index contributed by atoms with van der Waals surface area (Å²) in [5.41, 5.74) is 5.96. The van der Waals surface area contributed by atoms with Gasteiger partial charge in [-0.25, -0.2) is 0 Å². The Hall–Kier alpha value is 0.155. The van der Waals surface area contributed by atoms with Crippen LogP contribution in [0, 0.1) is 27.7 Å². The van der Waals surface area contributed by atoms with Gasteiger partial charge in [0.25, 0.3) is 0 Å². The van der Waals surface area contributed by atoms with Crippen molar-refractivity contribution >= 4 is 3.07 Å². The van der Waals surface area contributed by atoms with E-state index in [-0.39, 0.29) is 0 Å². The van der Waals surface area contributed by atoms with Crippen molar-refractivity contribution in [2.45, 2.75) is 27.7 Å². The molecule has 0 aliphatic carbocycles. The first-order chi connectivity index (χ1) is 5.04. The van der Waals surface area contributed by atoms with Crippen LogP contribution in [0.3, 0.4) is 0 Å². The summed E-state index contributed by atoms with van der Waals surface area (Å²) in [7, 11) is 0. The molecule has 1 rings (SSSR count). The molecule has 0 bridgehead atoms. The molecule has 0 amide bonds. The third kappa shape index (κ3) is 1.66. The zero-order valence-electron chi connectivity index (χ0n) is 7.78. The van der Waals surface area contributed by atoms with Gasteiger partial charge in [0.05, 0.1) is 0 Å². The van der Waals surface area contributed by atoms with E-state index in [1.807, 2.05) is 0 Å². The van der Waals surface area contributed by atoms with Crippen molar-refractivity contribution in [3.63, 3.8) is 0 Å². The number of rotatable bonds is 0. The standard InChI is InChI=1S/C10H13.Hg/c1-7-5-9(3)10(4)6-8(7)2;/h5H,1-4H3;/q;+1. The molecule has 0 radical (unpaired) electrons. The molecule has 0 atom stereocenters. The molecule has 54 valence electrons. The van der Waals surface area contributed by atoms with Crippen LogP contribution in [-0.4, -0.2) is 0 Å². The first kappa shape index (κ1) is 9.24. The third-order valence-electron chi connectivity index (χ3n) is 2.52. The summed E-state index contributed by atoms with van der Waals surface area (Å²) in [6.07, 6.45) is 0. The molecule has 0 saturated carbocycles. The summed E-state index contributed by atoms with van der Waals surface area (Å²) in [5.74, 6) is 0. The van der Waals surface area contributed by atoms with E-state index >= 15 is 0 Å². The van der Waals surface area contributed by atoms with Gasteiger partial charge in [0, 0.05) is 0 Å². The fraction of sp³-hybridized carbons (Fsp3) is 0.400. The second-order valence-electron chi connectivity index (χ2n) is 3.24. The molecule has 0 aliphatic rings. The van der Waals surface area contributed by atoms with Crippen LogP contribution in [0.2, 0.25) is 0 Å². The molecule has 0 aliphatic heterocycles. The van der Waals surface area contributed by atoms with Crippen LogP contribution in [0.15, 0.2) is 6.07 Å². The molecule has 0 unspecified atom stereocenters. The Bertz CT molecular complexity index is 261. The van der Waals surface area contributed by atoms with Crippen LogP contribution in [0.4, 0.5) is 0 Å². The molecule has 1 aromatic rings. The van der Waals surface area contributed by atoms with Gasteiger partial charge in [0.15, 0.2) is 0 Å². The minimum absolute atomic E-state index is 0.766. The van der Waals surface area contributed by atoms with Crippen molar-refractivity contribution in [2.75, 3.05) is 0 Å². The van der Waals surface area contributed by atoms with E-state index in [0.29, 0.717) is 0 Å². The molecule has 0 nitrogen and oxygen atoms in total. The molecule has 0 saturated heterocycles. The Labute approximate surface area is 85.0 Å². The number of hydrogen-bond acceptors (Lipinski definition) is 0. The zero-order valence-corrected chi connectivity index (χ0v) is 13.3. The summed E-state index contributed by atoms with van der Waals surface area (Å²) >= 11 is 0.766. The quantitative estimate of drug-likeness (QED) is 0.638. The van der Waals surface area contributed by atoms with Crippen LogP contribution >= 0.6 is 0 Å². The molecule has 0 fully saturated rings. The van der Waals surface area contributed by atoms with Crippen LogP contribution < -0.4 is 3.07 Å². The SMILES string of the molecule is Cc1cc(C)c(C)[c]([Hg+])c1C. The average Bonchev–Trinajstić information content (AvgIpc) is 1.97. The van der Waals surface area contributed by atoms with E-state index in [9.17, 15) is 0 Å². The Morgan fingerprint density at radius 2 is 1.27 bits per heavy atom. The molecular formula is C10H13Hg+. The van der Waals surface area contributed by atoms with Crippen LogP contribution in [-0.2, 0) is 26.1 Å². The second-order valence-corrected chi connectivity index (χ2v) is 5.99. The van der Waals surface area contributed by atoms with E-state index in [1.54, 1.807) is 3.07 Å². The monoisotopic (exact) mass is 335 g/mol. The summed E-state index contributed by atoms with van der Waals surface area (Å²) in [5, 5.41) is 0. The van der Waals surface area contributed by atoms with E-state index < -0.39 is 0 Å². The van der Waals surface area contributed by atoms with Gasteiger partial charge in [-0.2, -0.15) is 0 Å². The molecule has 0 aromatic heterocycles. The van der Waals surface area contributed by atoms with E-state index in [2.05, 4.69) is 33.8 Å². The van der Waals surface area contributed by atoms with Crippen LogP contribution in [0.25, 0.3) is 0 Å². The summed E-state index contributed by atoms with van der Waals surface area (Å²) in [6, 6.07) is 2.29. The van der Waals surface area contributed by atoms with Gasteiger partial charge >= 0.3 is 85.2 Å². The first-order valence-corrected chi connectivity index (χ1v) is 6.68. The fourth-order valence-corrected chi connectivity index (χ4v) is 3.47. The van der Waals surface area contributed by atoms with Crippen molar-refractivity contribution in [3.8, 4) is 0 Å². The van der Waals surface area contributed by atoms with Gasteiger partial charge < -0.3 is 0 Å². The molecule has 0 N–H and O–H groups in total. The van der Waals surface area contributed by atoms with E-state index in [4.69, 9.17) is 0 Å². The van der Waals surface area contributed by atoms with Crippen molar-refractivity contribution < 1.29 is 26.1 Å². The molecule has 1 heteroatoms. The molecule has 1 aromatic carbocycles. The summed E-state index contributed by atoms with van der Waals surface area (Å²) < 4.78 is 1.64. The van der Waals surface area contributed by atoms with E-state index in [0.717, 1.165) is 26.1 Å². The second kappa shape index (κ2) is 3.26. The minimum atomic E-state index is 0.766. The van der Waals surface area contributed by atoms with Gasteiger partial charge in [-0.15, -0.1) is 0 Å². The molecule has 0 heterocycles. The number of aryl methyl sites for hydroxylation is 2. The predicted octanol–water partition coefficient (Wildman–Crippen LogP) is 2.09. The maximum atomic E-state index is 2.29. The predicted molar refractivity (Wildman–Crippen MR) is 45.0 cm³/mol. The van der Waals surface area contributed by atoms with Gasteiger partial charge in [0.2, 0.25) is 0 Å². The number of hydrogen-bond donors (Lipinski definition) is 0. The fourth-order valence-electron chi connectivity index (χ4n) is 1.30. The van der Waals surface area contributed by atoms with Gasteiger partial charge in [0.1, 0.15) is 0 Å². The molecule has 0 spiro atoms. The topological polar surface area (TPSA) is 0 Å². The van der Waals surface area contributed by atoms with E-state index in [1.165, 1.54) is 22.3 Å². The Kier molecular flexibility index (Phi) is 2.74. The van der Waals surface area contributed by atoms with Gasteiger partial charge in [-0.05, 0) is 0 Å². The summed E-state index contributed by atoms with van der Waals surface area (Å²) in [6.45, 7) is 8.89. The average molecular weight is 334 g/mol. The molecular weight excluding hydrogens is 321 g/mol. The maximum absolute atomic E-state index is 2.29. The number of benzene rings is 1. The van der Waals surface area contributed by atoms with Crippen molar-refractivity contribution in [2.24, 2.45) is 0 Å². The Morgan fingerprint density at radius 3 is 1.64 bits per heavy atom. The Morgan fingerprint density at radius 1 is 0.909 bits per heavy atom.